The molecule has 1 fully saturated rings. The number of likely N-dealkylation sites (tertiary alicyclic amines) is 1. The summed E-state index contributed by atoms with van der Waals surface area (Å²) in [5.41, 5.74) is 0. The van der Waals surface area contributed by atoms with Crippen LogP contribution >= 0.6 is 11.8 Å². The van der Waals surface area contributed by atoms with Crippen LogP contribution in [0.1, 0.15) is 19.8 Å². The van der Waals surface area contributed by atoms with E-state index in [9.17, 15) is 9.59 Å². The number of hydrogen-bond donors (Lipinski definition) is 0. The van der Waals surface area contributed by atoms with Crippen LogP contribution in [0.2, 0.25) is 0 Å². The van der Waals surface area contributed by atoms with E-state index in [1.165, 1.54) is 16.7 Å². The Morgan fingerprint density at radius 3 is 2.62 bits per heavy atom. The molecule has 2 amide bonds. The average molecular weight is 319 g/mol. The van der Waals surface area contributed by atoms with Crippen molar-refractivity contribution in [2.45, 2.75) is 25.0 Å². The number of amides is 2. The molecule has 0 spiro atoms. The van der Waals surface area contributed by atoms with E-state index in [1.807, 2.05) is 0 Å². The first-order valence-electron chi connectivity index (χ1n) is 7.31. The zero-order valence-corrected chi connectivity index (χ0v) is 13.7. The van der Waals surface area contributed by atoms with Crippen molar-refractivity contribution >= 4 is 23.6 Å². The highest BCUT2D eigenvalue weighted by Crippen LogP contribution is 2.24. The molecule has 0 radical (unpaired) electrons. The summed E-state index contributed by atoms with van der Waals surface area (Å²) >= 11 is 1.50. The van der Waals surface area contributed by atoms with Gasteiger partial charge in [0.1, 0.15) is 0 Å². The van der Waals surface area contributed by atoms with E-state index in [4.69, 9.17) is 14.2 Å². The van der Waals surface area contributed by atoms with Gasteiger partial charge in [0.05, 0.1) is 38.2 Å². The molecular formula is C14H25NO5S. The van der Waals surface area contributed by atoms with Crippen LogP contribution < -0.4 is 0 Å². The fourth-order valence-electron chi connectivity index (χ4n) is 1.91. The van der Waals surface area contributed by atoms with Gasteiger partial charge in [0.15, 0.2) is 0 Å². The van der Waals surface area contributed by atoms with E-state index in [-0.39, 0.29) is 23.5 Å². The van der Waals surface area contributed by atoms with Gasteiger partial charge in [-0.25, -0.2) is 0 Å². The van der Waals surface area contributed by atoms with Crippen LogP contribution in [0.3, 0.4) is 0 Å². The quantitative estimate of drug-likeness (QED) is 0.394. The third-order valence-corrected chi connectivity index (χ3v) is 4.16. The number of carbonyl (C=O) groups is 2. The van der Waals surface area contributed by atoms with Gasteiger partial charge < -0.3 is 14.2 Å². The monoisotopic (exact) mass is 319 g/mol. The molecule has 21 heavy (non-hydrogen) atoms. The third-order valence-electron chi connectivity index (χ3n) is 2.99. The topological polar surface area (TPSA) is 65.1 Å². The van der Waals surface area contributed by atoms with E-state index in [2.05, 4.69) is 6.92 Å². The molecular weight excluding hydrogens is 294 g/mol. The lowest BCUT2D eigenvalue weighted by Crippen LogP contribution is -2.34. The molecule has 0 saturated carbocycles. The summed E-state index contributed by atoms with van der Waals surface area (Å²) in [5, 5.41) is -0.262. The Hall–Kier alpha value is -0.630. The highest BCUT2D eigenvalue weighted by molar-refractivity contribution is 8.00. The number of rotatable bonds is 12. The summed E-state index contributed by atoms with van der Waals surface area (Å²) in [6, 6.07) is 0. The second kappa shape index (κ2) is 11.0. The predicted molar refractivity (Wildman–Crippen MR) is 81.4 cm³/mol. The molecule has 0 bridgehead atoms. The Morgan fingerprint density at radius 1 is 1.14 bits per heavy atom. The van der Waals surface area contributed by atoms with E-state index in [1.54, 1.807) is 7.11 Å². The van der Waals surface area contributed by atoms with Crippen LogP contribution in [0.5, 0.6) is 0 Å². The second-order valence-corrected chi connectivity index (χ2v) is 5.98. The van der Waals surface area contributed by atoms with Gasteiger partial charge in [-0.2, -0.15) is 0 Å². The Morgan fingerprint density at radius 2 is 1.90 bits per heavy atom. The van der Waals surface area contributed by atoms with Crippen molar-refractivity contribution in [2.75, 3.05) is 52.4 Å². The zero-order chi connectivity index (χ0) is 15.5. The number of methoxy groups -OCH3 is 1. The number of nitrogens with zero attached hydrogens (tertiary/aromatic N) is 1. The molecule has 0 aliphatic carbocycles. The number of carbonyl (C=O) groups excluding carboxylic acids is 2. The zero-order valence-electron chi connectivity index (χ0n) is 12.8. The first-order chi connectivity index (χ1) is 10.2. The number of thioether (sulfide) groups is 1. The van der Waals surface area contributed by atoms with Crippen molar-refractivity contribution in [3.8, 4) is 0 Å². The molecule has 1 aliphatic rings. The van der Waals surface area contributed by atoms with Gasteiger partial charge in [-0.3, -0.25) is 14.5 Å². The molecule has 1 unspecified atom stereocenters. The molecule has 0 aromatic heterocycles. The van der Waals surface area contributed by atoms with Crippen molar-refractivity contribution in [3.63, 3.8) is 0 Å². The highest BCUT2D eigenvalue weighted by atomic mass is 32.2. The minimum Gasteiger partial charge on any atom is -0.382 e. The van der Waals surface area contributed by atoms with Crippen molar-refractivity contribution in [2.24, 2.45) is 0 Å². The smallest absolute Gasteiger partial charge is 0.242 e. The maximum Gasteiger partial charge on any atom is 0.242 e. The van der Waals surface area contributed by atoms with Gasteiger partial charge in [0.25, 0.3) is 0 Å². The Balaban J connectivity index is 2.20. The minimum atomic E-state index is -0.262. The molecule has 0 aromatic carbocycles. The maximum atomic E-state index is 12.1. The standard InChI is InChI=1S/C14H25NO5S/c1-3-5-19-9-10-21-12-11-13(16)15(14(12)17)4-6-20-8-7-18-2/h12H,3-11H2,1-2H3. The molecule has 1 atom stereocenters. The Bertz CT molecular complexity index is 326. The van der Waals surface area contributed by atoms with Crippen LogP contribution in [-0.2, 0) is 23.8 Å². The Labute approximate surface area is 130 Å². The van der Waals surface area contributed by atoms with E-state index >= 15 is 0 Å². The van der Waals surface area contributed by atoms with Crippen LogP contribution in [0.4, 0.5) is 0 Å². The summed E-state index contributed by atoms with van der Waals surface area (Å²) in [4.78, 5) is 25.3. The van der Waals surface area contributed by atoms with Gasteiger partial charge >= 0.3 is 0 Å². The fourth-order valence-corrected chi connectivity index (χ4v) is 2.94. The molecule has 1 saturated heterocycles. The van der Waals surface area contributed by atoms with Gasteiger partial charge in [-0.15, -0.1) is 11.8 Å². The lowest BCUT2D eigenvalue weighted by molar-refractivity contribution is -0.139. The molecule has 1 aliphatic heterocycles. The molecule has 122 valence electrons. The van der Waals surface area contributed by atoms with Crippen LogP contribution in [0.15, 0.2) is 0 Å². The van der Waals surface area contributed by atoms with Gasteiger partial charge in [-0.1, -0.05) is 6.92 Å². The summed E-state index contributed by atoms with van der Waals surface area (Å²) in [6.07, 6.45) is 1.28. The summed E-state index contributed by atoms with van der Waals surface area (Å²) in [6.45, 7) is 5.08. The minimum absolute atomic E-state index is 0.101. The number of imide groups is 1. The van der Waals surface area contributed by atoms with Crippen LogP contribution in [0.25, 0.3) is 0 Å². The lowest BCUT2D eigenvalue weighted by atomic mass is 10.4. The molecule has 0 N–H and O–H groups in total. The number of hydrogen-bond acceptors (Lipinski definition) is 6. The fraction of sp³-hybridized carbons (Fsp3) is 0.857. The normalized spacial score (nSPS) is 18.8. The van der Waals surface area contributed by atoms with Crippen molar-refractivity contribution < 1.29 is 23.8 Å². The van der Waals surface area contributed by atoms with Gasteiger partial charge in [0.2, 0.25) is 11.8 Å². The molecule has 1 heterocycles. The van der Waals surface area contributed by atoms with Crippen LogP contribution in [0, 0.1) is 0 Å². The second-order valence-electron chi connectivity index (χ2n) is 4.66. The first kappa shape index (κ1) is 18.4. The molecule has 6 nitrogen and oxygen atoms in total. The van der Waals surface area contributed by atoms with Crippen LogP contribution in [-0.4, -0.2) is 74.4 Å². The predicted octanol–water partition coefficient (Wildman–Crippen LogP) is 0.937. The largest absolute Gasteiger partial charge is 0.382 e. The number of ether oxygens (including phenoxy) is 3. The summed E-state index contributed by atoms with van der Waals surface area (Å²) in [7, 11) is 1.60. The van der Waals surface area contributed by atoms with Crippen molar-refractivity contribution in [3.05, 3.63) is 0 Å². The summed E-state index contributed by atoms with van der Waals surface area (Å²) in [5.74, 6) is 0.528. The van der Waals surface area contributed by atoms with Gasteiger partial charge in [0, 0.05) is 25.9 Å². The maximum absolute atomic E-state index is 12.1. The Kier molecular flexibility index (Phi) is 9.65. The van der Waals surface area contributed by atoms with Gasteiger partial charge in [-0.05, 0) is 6.42 Å². The highest BCUT2D eigenvalue weighted by Gasteiger charge is 2.38. The molecule has 0 aromatic rings. The average Bonchev–Trinajstić information content (AvgIpc) is 2.74. The third kappa shape index (κ3) is 6.78. The van der Waals surface area contributed by atoms with Crippen molar-refractivity contribution in [1.29, 1.82) is 0 Å². The van der Waals surface area contributed by atoms with E-state index in [0.717, 1.165) is 18.8 Å². The van der Waals surface area contributed by atoms with Crippen molar-refractivity contribution in [1.82, 2.24) is 4.90 Å². The van der Waals surface area contributed by atoms with E-state index in [0.29, 0.717) is 33.0 Å². The molecule has 7 heteroatoms. The first-order valence-corrected chi connectivity index (χ1v) is 8.35. The molecule has 1 rings (SSSR count). The summed E-state index contributed by atoms with van der Waals surface area (Å²) < 4.78 is 15.5. The SMILES string of the molecule is CCCOCCSC1CC(=O)N(CCOCCOC)C1=O. The van der Waals surface area contributed by atoms with E-state index < -0.39 is 0 Å². The lowest BCUT2D eigenvalue weighted by Gasteiger charge is -2.14.